The molecule has 4 rings (SSSR count). The molecule has 3 heterocycles. The van der Waals surface area contributed by atoms with Crippen LogP contribution in [0.1, 0.15) is 5.76 Å². The first-order valence-corrected chi connectivity index (χ1v) is 7.89. The molecule has 4 heteroatoms. The predicted molar refractivity (Wildman–Crippen MR) is 88.2 cm³/mol. The first-order chi connectivity index (χ1) is 10.8. The van der Waals surface area contributed by atoms with Crippen LogP contribution < -0.4 is 0 Å². The van der Waals surface area contributed by atoms with Crippen molar-refractivity contribution in [2.24, 2.45) is 0 Å². The normalized spacial score (nSPS) is 11.1. The molecule has 22 heavy (non-hydrogen) atoms. The molecular formula is C18H14N2OS. The van der Waals surface area contributed by atoms with Crippen molar-refractivity contribution in [3.05, 3.63) is 72.8 Å². The van der Waals surface area contributed by atoms with E-state index in [0.29, 0.717) is 0 Å². The predicted octanol–water partition coefficient (Wildman–Crippen LogP) is 5.05. The smallest absolute Gasteiger partial charge is 0.138 e. The number of furan rings is 1. The van der Waals surface area contributed by atoms with Crippen molar-refractivity contribution in [1.29, 1.82) is 0 Å². The summed E-state index contributed by atoms with van der Waals surface area (Å²) in [7, 11) is 0. The minimum atomic E-state index is 0.926. The summed E-state index contributed by atoms with van der Waals surface area (Å²) in [6.07, 6.45) is 3.77. The third-order valence-electron chi connectivity index (χ3n) is 3.55. The number of nitrogens with zero attached hydrogens (tertiary/aromatic N) is 2. The Hall–Kier alpha value is -2.46. The van der Waals surface area contributed by atoms with Gasteiger partial charge >= 0.3 is 0 Å². The average molecular weight is 306 g/mol. The van der Waals surface area contributed by atoms with E-state index in [2.05, 4.69) is 16.5 Å². The molecule has 0 saturated heterocycles. The van der Waals surface area contributed by atoms with Gasteiger partial charge in [-0.25, -0.2) is 4.98 Å². The maximum Gasteiger partial charge on any atom is 0.138 e. The Labute approximate surface area is 132 Å². The first kappa shape index (κ1) is 13.2. The molecule has 0 aliphatic rings. The van der Waals surface area contributed by atoms with Crippen molar-refractivity contribution < 1.29 is 4.42 Å². The number of aromatic nitrogens is 2. The zero-order valence-electron chi connectivity index (χ0n) is 12.1. The summed E-state index contributed by atoms with van der Waals surface area (Å²) in [5, 5.41) is 1.10. The summed E-state index contributed by atoms with van der Waals surface area (Å²) in [6, 6.07) is 18.3. The van der Waals surface area contributed by atoms with Gasteiger partial charge in [0.2, 0.25) is 0 Å². The summed E-state index contributed by atoms with van der Waals surface area (Å²) in [4.78, 5) is 5.92. The van der Waals surface area contributed by atoms with Gasteiger partial charge in [0.05, 0.1) is 11.2 Å². The molecule has 108 valence electrons. The lowest BCUT2D eigenvalue weighted by Crippen LogP contribution is -1.86. The highest BCUT2D eigenvalue weighted by atomic mass is 32.2. The van der Waals surface area contributed by atoms with Gasteiger partial charge in [0.1, 0.15) is 22.1 Å². The van der Waals surface area contributed by atoms with E-state index in [1.807, 2.05) is 55.6 Å². The van der Waals surface area contributed by atoms with Crippen LogP contribution in [-0.4, -0.2) is 9.38 Å². The van der Waals surface area contributed by atoms with Crippen LogP contribution in [0, 0.1) is 6.92 Å². The van der Waals surface area contributed by atoms with E-state index in [9.17, 15) is 0 Å². The molecule has 0 saturated carbocycles. The Morgan fingerprint density at radius 2 is 1.82 bits per heavy atom. The van der Waals surface area contributed by atoms with Gasteiger partial charge in [0.25, 0.3) is 0 Å². The highest BCUT2D eigenvalue weighted by molar-refractivity contribution is 7.99. The molecule has 0 atom stereocenters. The highest BCUT2D eigenvalue weighted by Crippen LogP contribution is 2.37. The van der Waals surface area contributed by atoms with Gasteiger partial charge in [-0.05, 0) is 25.1 Å². The van der Waals surface area contributed by atoms with Crippen LogP contribution in [0.3, 0.4) is 0 Å². The lowest BCUT2D eigenvalue weighted by atomic mass is 10.2. The fourth-order valence-corrected chi connectivity index (χ4v) is 3.47. The van der Waals surface area contributed by atoms with Crippen molar-refractivity contribution in [3.8, 4) is 11.3 Å². The Balaban J connectivity index is 1.92. The van der Waals surface area contributed by atoms with E-state index in [-0.39, 0.29) is 0 Å². The van der Waals surface area contributed by atoms with Crippen LogP contribution in [0.4, 0.5) is 0 Å². The monoisotopic (exact) mass is 306 g/mol. The SMILES string of the molecule is Cc1occc1Sc1c(-c2ccccc2)nc2ccccn12. The van der Waals surface area contributed by atoms with E-state index in [1.165, 1.54) is 0 Å². The van der Waals surface area contributed by atoms with Gasteiger partial charge < -0.3 is 4.42 Å². The molecule has 0 bridgehead atoms. The van der Waals surface area contributed by atoms with E-state index < -0.39 is 0 Å². The second kappa shape index (κ2) is 5.39. The van der Waals surface area contributed by atoms with Crippen molar-refractivity contribution in [3.63, 3.8) is 0 Å². The Bertz CT molecular complexity index is 925. The number of hydrogen-bond donors (Lipinski definition) is 0. The lowest BCUT2D eigenvalue weighted by molar-refractivity contribution is 0.527. The molecular weight excluding hydrogens is 292 g/mol. The Kier molecular flexibility index (Phi) is 3.24. The van der Waals surface area contributed by atoms with Crippen molar-refractivity contribution in [2.75, 3.05) is 0 Å². The quantitative estimate of drug-likeness (QED) is 0.530. The molecule has 0 spiro atoms. The van der Waals surface area contributed by atoms with Crippen LogP contribution in [0.15, 0.2) is 81.4 Å². The molecule has 3 aromatic heterocycles. The molecule has 0 radical (unpaired) electrons. The zero-order chi connectivity index (χ0) is 14.9. The van der Waals surface area contributed by atoms with Crippen molar-refractivity contribution in [2.45, 2.75) is 16.8 Å². The summed E-state index contributed by atoms with van der Waals surface area (Å²) in [5.74, 6) is 0.926. The van der Waals surface area contributed by atoms with Gasteiger partial charge in [-0.2, -0.15) is 0 Å². The van der Waals surface area contributed by atoms with Crippen molar-refractivity contribution in [1.82, 2.24) is 9.38 Å². The van der Waals surface area contributed by atoms with Crippen LogP contribution in [0.2, 0.25) is 0 Å². The molecule has 0 amide bonds. The largest absolute Gasteiger partial charge is 0.468 e. The maximum absolute atomic E-state index is 5.42. The fourth-order valence-electron chi connectivity index (χ4n) is 2.44. The van der Waals surface area contributed by atoms with E-state index in [0.717, 1.165) is 32.6 Å². The van der Waals surface area contributed by atoms with Crippen molar-refractivity contribution >= 4 is 17.4 Å². The summed E-state index contributed by atoms with van der Waals surface area (Å²) < 4.78 is 7.54. The maximum atomic E-state index is 5.42. The van der Waals surface area contributed by atoms with E-state index in [1.54, 1.807) is 18.0 Å². The van der Waals surface area contributed by atoms with Crippen LogP contribution >= 0.6 is 11.8 Å². The first-order valence-electron chi connectivity index (χ1n) is 7.07. The standard InChI is InChI=1S/C18H14N2OS/c1-13-15(10-12-21-13)22-18-17(14-7-3-2-4-8-14)19-16-9-5-6-11-20(16)18/h2-12H,1H3. The van der Waals surface area contributed by atoms with Gasteiger partial charge in [-0.15, -0.1) is 0 Å². The Morgan fingerprint density at radius 1 is 1.00 bits per heavy atom. The van der Waals surface area contributed by atoms with Crippen LogP contribution in [0.5, 0.6) is 0 Å². The third-order valence-corrected chi connectivity index (χ3v) is 4.78. The summed E-state index contributed by atoms with van der Waals surface area (Å²) in [5.41, 5.74) is 3.07. The van der Waals surface area contributed by atoms with Gasteiger partial charge in [-0.1, -0.05) is 48.2 Å². The summed E-state index contributed by atoms with van der Waals surface area (Å²) >= 11 is 1.69. The van der Waals surface area contributed by atoms with E-state index in [4.69, 9.17) is 9.40 Å². The molecule has 3 nitrogen and oxygen atoms in total. The number of imidazole rings is 1. The summed E-state index contributed by atoms with van der Waals surface area (Å²) in [6.45, 7) is 1.98. The number of fused-ring (bicyclic) bond motifs is 1. The van der Waals surface area contributed by atoms with Gasteiger partial charge in [-0.3, -0.25) is 4.40 Å². The molecule has 0 N–H and O–H groups in total. The number of benzene rings is 1. The topological polar surface area (TPSA) is 30.4 Å². The third kappa shape index (κ3) is 2.22. The number of hydrogen-bond acceptors (Lipinski definition) is 3. The van der Waals surface area contributed by atoms with Gasteiger partial charge in [0.15, 0.2) is 0 Å². The molecule has 0 aliphatic carbocycles. The number of pyridine rings is 1. The highest BCUT2D eigenvalue weighted by Gasteiger charge is 2.16. The Morgan fingerprint density at radius 3 is 2.59 bits per heavy atom. The van der Waals surface area contributed by atoms with Crippen LogP contribution in [-0.2, 0) is 0 Å². The minimum absolute atomic E-state index is 0.926. The molecule has 0 unspecified atom stereocenters. The second-order valence-corrected chi connectivity index (χ2v) is 6.03. The van der Waals surface area contributed by atoms with Gasteiger partial charge in [0, 0.05) is 11.8 Å². The fraction of sp³-hybridized carbons (Fsp3) is 0.0556. The van der Waals surface area contributed by atoms with E-state index >= 15 is 0 Å². The lowest BCUT2D eigenvalue weighted by Gasteiger charge is -2.04. The average Bonchev–Trinajstić information content (AvgIpc) is 3.13. The molecule has 1 aromatic carbocycles. The molecule has 0 aliphatic heterocycles. The minimum Gasteiger partial charge on any atom is -0.468 e. The second-order valence-electron chi connectivity index (χ2n) is 5.00. The van der Waals surface area contributed by atoms with Crippen LogP contribution in [0.25, 0.3) is 16.9 Å². The molecule has 0 fully saturated rings. The zero-order valence-corrected chi connectivity index (χ0v) is 12.9. The number of aryl methyl sites for hydroxylation is 1. The number of rotatable bonds is 3. The molecule has 4 aromatic rings.